The number of anilines is 1. The number of hydrogen-bond donors (Lipinski definition) is 0. The van der Waals surface area contributed by atoms with Crippen LogP contribution in [0.5, 0.6) is 0 Å². The van der Waals surface area contributed by atoms with E-state index in [2.05, 4.69) is 4.90 Å². The van der Waals surface area contributed by atoms with Gasteiger partial charge in [0.15, 0.2) is 5.17 Å². The molecule has 1 atom stereocenters. The van der Waals surface area contributed by atoms with Gasteiger partial charge in [-0.15, -0.1) is 0 Å². The van der Waals surface area contributed by atoms with E-state index in [1.807, 2.05) is 42.5 Å². The predicted molar refractivity (Wildman–Crippen MR) is 128 cm³/mol. The summed E-state index contributed by atoms with van der Waals surface area (Å²) in [6.07, 6.45) is 5.93. The van der Waals surface area contributed by atoms with Crippen LogP contribution in [0, 0.1) is 5.82 Å². The van der Waals surface area contributed by atoms with Gasteiger partial charge < -0.3 is 9.64 Å². The molecule has 3 aliphatic rings. The van der Waals surface area contributed by atoms with Gasteiger partial charge in [0.1, 0.15) is 5.82 Å². The fraction of sp³-hybridized carbons (Fsp3) is 0.360. The van der Waals surface area contributed by atoms with Crippen molar-refractivity contribution in [3.63, 3.8) is 0 Å². The zero-order valence-electron chi connectivity index (χ0n) is 17.9. The second-order valence-electron chi connectivity index (χ2n) is 8.30. The molecule has 0 radical (unpaired) electrons. The quantitative estimate of drug-likeness (QED) is 0.586. The molecule has 5 nitrogen and oxygen atoms in total. The lowest BCUT2D eigenvalue weighted by atomic mass is 10.1. The molecule has 3 aliphatic heterocycles. The molecule has 0 aromatic heterocycles. The summed E-state index contributed by atoms with van der Waals surface area (Å²) in [5, 5.41) is 0.636. The second kappa shape index (κ2) is 9.46. The van der Waals surface area contributed by atoms with E-state index in [1.54, 1.807) is 11.0 Å². The Bertz CT molecular complexity index is 1040. The van der Waals surface area contributed by atoms with Gasteiger partial charge in [-0.2, -0.15) is 0 Å². The highest BCUT2D eigenvalue weighted by molar-refractivity contribution is 8.18. The standard InChI is InChI=1S/C25H26FN3O2S/c26-21-15-18(10-11-22(21)28-12-4-5-13-28)16-23-24(30)29(17-20-9-6-14-31-20)25(32-23)27-19-7-2-1-3-8-19/h1-3,7-8,10-11,15-16,20H,4-6,9,12-14,17H2/b23-16+,27-25?/t20-/m0/s1. The Morgan fingerprint density at radius 2 is 1.94 bits per heavy atom. The van der Waals surface area contributed by atoms with Crippen LogP contribution in [-0.4, -0.2) is 48.3 Å². The summed E-state index contributed by atoms with van der Waals surface area (Å²) in [7, 11) is 0. The Hall–Kier alpha value is -2.64. The van der Waals surface area contributed by atoms with Crippen molar-refractivity contribution in [3.8, 4) is 0 Å². The molecule has 3 saturated heterocycles. The highest BCUT2D eigenvalue weighted by atomic mass is 32.2. The molecule has 0 N–H and O–H groups in total. The smallest absolute Gasteiger partial charge is 0.266 e. The Kier molecular flexibility index (Phi) is 6.28. The number of rotatable bonds is 5. The van der Waals surface area contributed by atoms with E-state index in [-0.39, 0.29) is 17.8 Å². The summed E-state index contributed by atoms with van der Waals surface area (Å²) < 4.78 is 20.5. The number of para-hydroxylation sites is 1. The van der Waals surface area contributed by atoms with Gasteiger partial charge in [0, 0.05) is 19.7 Å². The average Bonchev–Trinajstić information content (AvgIpc) is 3.55. The summed E-state index contributed by atoms with van der Waals surface area (Å²) in [6, 6.07) is 14.8. The van der Waals surface area contributed by atoms with Crippen molar-refractivity contribution in [2.75, 3.05) is 31.1 Å². The van der Waals surface area contributed by atoms with Crippen molar-refractivity contribution in [1.82, 2.24) is 4.90 Å². The minimum absolute atomic E-state index is 0.0251. The number of thioether (sulfide) groups is 1. The van der Waals surface area contributed by atoms with Crippen LogP contribution in [0.4, 0.5) is 15.8 Å². The molecule has 2 aromatic rings. The molecule has 0 bridgehead atoms. The van der Waals surface area contributed by atoms with Gasteiger partial charge in [-0.25, -0.2) is 9.38 Å². The number of carbonyl (C=O) groups is 1. The maximum atomic E-state index is 14.8. The molecule has 3 heterocycles. The van der Waals surface area contributed by atoms with Crippen LogP contribution in [0.2, 0.25) is 0 Å². The Morgan fingerprint density at radius 1 is 1.12 bits per heavy atom. The molecule has 32 heavy (non-hydrogen) atoms. The number of halogens is 1. The fourth-order valence-electron chi connectivity index (χ4n) is 4.34. The molecule has 2 aromatic carbocycles. The lowest BCUT2D eigenvalue weighted by Gasteiger charge is -2.19. The first-order chi connectivity index (χ1) is 15.7. The minimum atomic E-state index is -0.244. The third-order valence-electron chi connectivity index (χ3n) is 6.00. The Morgan fingerprint density at radius 3 is 2.66 bits per heavy atom. The van der Waals surface area contributed by atoms with E-state index >= 15 is 0 Å². The Labute approximate surface area is 192 Å². The molecule has 0 saturated carbocycles. The zero-order chi connectivity index (χ0) is 21.9. The molecule has 7 heteroatoms. The van der Waals surface area contributed by atoms with Crippen LogP contribution in [0.25, 0.3) is 6.08 Å². The van der Waals surface area contributed by atoms with E-state index in [4.69, 9.17) is 9.73 Å². The lowest BCUT2D eigenvalue weighted by Crippen LogP contribution is -2.36. The van der Waals surface area contributed by atoms with Crippen molar-refractivity contribution < 1.29 is 13.9 Å². The predicted octanol–water partition coefficient (Wildman–Crippen LogP) is 5.21. The first-order valence-electron chi connectivity index (χ1n) is 11.2. The van der Waals surface area contributed by atoms with E-state index in [9.17, 15) is 9.18 Å². The third-order valence-corrected chi connectivity index (χ3v) is 7.00. The van der Waals surface area contributed by atoms with Gasteiger partial charge in [-0.1, -0.05) is 24.3 Å². The molecular formula is C25H26FN3O2S. The summed E-state index contributed by atoms with van der Waals surface area (Å²) in [5.41, 5.74) is 2.11. The van der Waals surface area contributed by atoms with Gasteiger partial charge >= 0.3 is 0 Å². The van der Waals surface area contributed by atoms with E-state index in [0.717, 1.165) is 51.1 Å². The van der Waals surface area contributed by atoms with Crippen molar-refractivity contribution in [2.24, 2.45) is 4.99 Å². The van der Waals surface area contributed by atoms with Gasteiger partial charge in [-0.05, 0) is 73.4 Å². The van der Waals surface area contributed by atoms with Crippen molar-refractivity contribution in [3.05, 3.63) is 64.8 Å². The monoisotopic (exact) mass is 451 g/mol. The molecule has 0 spiro atoms. The van der Waals surface area contributed by atoms with E-state index in [1.165, 1.54) is 17.8 Å². The second-order valence-corrected chi connectivity index (χ2v) is 9.31. The van der Waals surface area contributed by atoms with Crippen molar-refractivity contribution in [1.29, 1.82) is 0 Å². The molecule has 166 valence electrons. The molecule has 0 aliphatic carbocycles. The van der Waals surface area contributed by atoms with Crippen LogP contribution in [0.1, 0.15) is 31.2 Å². The maximum Gasteiger partial charge on any atom is 0.266 e. The van der Waals surface area contributed by atoms with Gasteiger partial charge in [0.2, 0.25) is 0 Å². The summed E-state index contributed by atoms with van der Waals surface area (Å²) in [6.45, 7) is 3.00. The number of amides is 1. The van der Waals surface area contributed by atoms with Crippen molar-refractivity contribution >= 4 is 40.3 Å². The first kappa shape index (κ1) is 21.2. The number of hydrogen-bond acceptors (Lipinski definition) is 5. The normalized spacial score (nSPS) is 23.8. The summed E-state index contributed by atoms with van der Waals surface area (Å²) in [4.78, 5) is 22.3. The first-order valence-corrected chi connectivity index (χ1v) is 12.0. The van der Waals surface area contributed by atoms with Crippen LogP contribution in [0.15, 0.2) is 58.4 Å². The summed E-state index contributed by atoms with van der Waals surface area (Å²) in [5.74, 6) is -0.352. The lowest BCUT2D eigenvalue weighted by molar-refractivity contribution is -0.123. The zero-order valence-corrected chi connectivity index (χ0v) is 18.7. The van der Waals surface area contributed by atoms with Gasteiger partial charge in [-0.3, -0.25) is 9.69 Å². The molecule has 5 rings (SSSR count). The highest BCUT2D eigenvalue weighted by Crippen LogP contribution is 2.35. The van der Waals surface area contributed by atoms with Crippen LogP contribution >= 0.6 is 11.8 Å². The molecule has 1 amide bonds. The topological polar surface area (TPSA) is 45.1 Å². The number of benzene rings is 2. The third kappa shape index (κ3) is 4.59. The fourth-order valence-corrected chi connectivity index (χ4v) is 5.34. The SMILES string of the molecule is O=C1/C(=C\c2ccc(N3CCCC3)c(F)c2)SC(=Nc2ccccc2)N1C[C@@H]1CCCO1. The number of carbonyl (C=O) groups excluding carboxylic acids is 1. The number of amidine groups is 1. The Balaban J connectivity index is 1.42. The summed E-state index contributed by atoms with van der Waals surface area (Å²) >= 11 is 1.33. The van der Waals surface area contributed by atoms with E-state index < -0.39 is 0 Å². The number of ether oxygens (including phenoxy) is 1. The van der Waals surface area contributed by atoms with Crippen LogP contribution in [-0.2, 0) is 9.53 Å². The molecule has 3 fully saturated rings. The largest absolute Gasteiger partial charge is 0.376 e. The van der Waals surface area contributed by atoms with Gasteiger partial charge in [0.25, 0.3) is 5.91 Å². The number of aliphatic imine (C=N–C) groups is 1. The average molecular weight is 452 g/mol. The maximum absolute atomic E-state index is 14.8. The highest BCUT2D eigenvalue weighted by Gasteiger charge is 2.36. The molecule has 0 unspecified atom stereocenters. The molecular weight excluding hydrogens is 425 g/mol. The van der Waals surface area contributed by atoms with Crippen LogP contribution in [0.3, 0.4) is 0 Å². The van der Waals surface area contributed by atoms with E-state index in [0.29, 0.717) is 27.9 Å². The van der Waals surface area contributed by atoms with Gasteiger partial charge in [0.05, 0.1) is 28.9 Å². The number of nitrogens with zero attached hydrogens (tertiary/aromatic N) is 3. The van der Waals surface area contributed by atoms with Crippen LogP contribution < -0.4 is 4.90 Å². The van der Waals surface area contributed by atoms with Crippen molar-refractivity contribution in [2.45, 2.75) is 31.8 Å². The minimum Gasteiger partial charge on any atom is -0.376 e.